The molecule has 27 heavy (non-hydrogen) atoms. The van der Waals surface area contributed by atoms with Gasteiger partial charge in [0, 0.05) is 18.3 Å². The molecule has 0 aliphatic rings. The van der Waals surface area contributed by atoms with Gasteiger partial charge in [-0.2, -0.15) is 0 Å². The first kappa shape index (κ1) is 19.7. The Kier molecular flexibility index (Phi) is 6.70. The van der Waals surface area contributed by atoms with Gasteiger partial charge in [0.25, 0.3) is 17.7 Å². The van der Waals surface area contributed by atoms with Crippen LogP contribution >= 0.6 is 0 Å². The van der Waals surface area contributed by atoms with E-state index in [4.69, 9.17) is 9.15 Å². The first-order chi connectivity index (χ1) is 12.9. The van der Waals surface area contributed by atoms with Crippen molar-refractivity contribution in [1.29, 1.82) is 0 Å². The molecule has 2 rings (SSSR count). The van der Waals surface area contributed by atoms with E-state index in [-0.39, 0.29) is 11.7 Å². The zero-order chi connectivity index (χ0) is 19.8. The van der Waals surface area contributed by atoms with Gasteiger partial charge in [-0.3, -0.25) is 14.4 Å². The van der Waals surface area contributed by atoms with Crippen molar-refractivity contribution in [2.45, 2.75) is 13.0 Å². The van der Waals surface area contributed by atoms with Gasteiger partial charge in [-0.05, 0) is 37.3 Å². The highest BCUT2D eigenvalue weighted by molar-refractivity contribution is 5.98. The molecule has 0 spiro atoms. The third kappa shape index (κ3) is 5.70. The molecule has 0 fully saturated rings. The molecule has 0 bridgehead atoms. The molecule has 1 heterocycles. The molecular formula is C18H19N3O6. The van der Waals surface area contributed by atoms with Crippen LogP contribution in [0.25, 0.3) is 0 Å². The average Bonchev–Trinajstić information content (AvgIpc) is 3.20. The molecule has 1 aromatic heterocycles. The molecule has 0 unspecified atom stereocenters. The second-order valence-electron chi connectivity index (χ2n) is 5.49. The van der Waals surface area contributed by atoms with Crippen molar-refractivity contribution in [3.63, 3.8) is 0 Å². The fourth-order valence-corrected chi connectivity index (χ4v) is 2.08. The summed E-state index contributed by atoms with van der Waals surface area (Å²) in [6, 6.07) is 8.32. The molecule has 0 saturated carbocycles. The minimum absolute atomic E-state index is 0.0587. The van der Waals surface area contributed by atoms with Crippen LogP contribution in [0.1, 0.15) is 27.8 Å². The van der Waals surface area contributed by atoms with Crippen LogP contribution in [0.15, 0.2) is 47.1 Å². The zero-order valence-electron chi connectivity index (χ0n) is 14.8. The molecule has 0 aliphatic heterocycles. The molecule has 2 aromatic rings. The van der Waals surface area contributed by atoms with Crippen LogP contribution in [0.4, 0.5) is 5.69 Å². The van der Waals surface area contributed by atoms with Crippen molar-refractivity contribution < 1.29 is 28.3 Å². The summed E-state index contributed by atoms with van der Waals surface area (Å²) in [5.74, 6) is -2.16. The van der Waals surface area contributed by atoms with Gasteiger partial charge in [-0.15, -0.1) is 0 Å². The second-order valence-corrected chi connectivity index (χ2v) is 5.49. The van der Waals surface area contributed by atoms with Gasteiger partial charge >= 0.3 is 5.97 Å². The van der Waals surface area contributed by atoms with Crippen molar-refractivity contribution in [3.8, 4) is 0 Å². The van der Waals surface area contributed by atoms with Gasteiger partial charge < -0.3 is 25.1 Å². The lowest BCUT2D eigenvalue weighted by molar-refractivity contribution is -0.148. The molecule has 0 saturated heterocycles. The number of hydrogen-bond donors (Lipinski definition) is 3. The smallest absolute Gasteiger partial charge is 0.328 e. The number of hydrogen-bond acceptors (Lipinski definition) is 6. The monoisotopic (exact) mass is 373 g/mol. The van der Waals surface area contributed by atoms with Crippen LogP contribution < -0.4 is 16.0 Å². The lowest BCUT2D eigenvalue weighted by Gasteiger charge is -2.12. The van der Waals surface area contributed by atoms with Crippen LogP contribution in [0.5, 0.6) is 0 Å². The Labute approximate surface area is 155 Å². The fourth-order valence-electron chi connectivity index (χ4n) is 2.08. The molecule has 9 heteroatoms. The number of nitrogens with one attached hydrogen (secondary N) is 3. The van der Waals surface area contributed by atoms with Crippen LogP contribution in [0, 0.1) is 0 Å². The number of anilines is 1. The van der Waals surface area contributed by atoms with Crippen molar-refractivity contribution in [1.82, 2.24) is 10.6 Å². The summed E-state index contributed by atoms with van der Waals surface area (Å²) in [6.45, 7) is 0.887. The third-order valence-electron chi connectivity index (χ3n) is 3.43. The lowest BCUT2D eigenvalue weighted by Crippen LogP contribution is -2.40. The summed E-state index contributed by atoms with van der Waals surface area (Å²) in [5, 5.41) is 7.40. The maximum Gasteiger partial charge on any atom is 0.328 e. The number of rotatable bonds is 7. The summed E-state index contributed by atoms with van der Waals surface area (Å²) in [4.78, 5) is 47.2. The van der Waals surface area contributed by atoms with Gasteiger partial charge in [-0.1, -0.05) is 6.07 Å². The summed E-state index contributed by atoms with van der Waals surface area (Å²) in [7, 11) is 1.50. The maximum atomic E-state index is 11.9. The normalized spacial score (nSPS) is 11.2. The minimum Gasteiger partial charge on any atom is -0.459 e. The van der Waals surface area contributed by atoms with Crippen LogP contribution in [0.2, 0.25) is 0 Å². The molecular weight excluding hydrogens is 354 g/mol. The maximum absolute atomic E-state index is 11.9. The molecule has 9 nitrogen and oxygen atoms in total. The number of carbonyl (C=O) groups excluding carboxylic acids is 4. The van der Waals surface area contributed by atoms with E-state index in [0.717, 1.165) is 0 Å². The van der Waals surface area contributed by atoms with Gasteiger partial charge in [-0.25, -0.2) is 4.79 Å². The van der Waals surface area contributed by atoms with E-state index in [9.17, 15) is 19.2 Å². The Balaban J connectivity index is 1.81. The SMILES string of the molecule is CNC(=O)c1cccc(NC(=O)COC(=O)[C@H](C)NC(=O)c2ccco2)c1. The lowest BCUT2D eigenvalue weighted by atomic mass is 10.2. The molecule has 142 valence electrons. The summed E-state index contributed by atoms with van der Waals surface area (Å²) < 4.78 is 9.80. The van der Waals surface area contributed by atoms with Gasteiger partial charge in [0.05, 0.1) is 6.26 Å². The van der Waals surface area contributed by atoms with E-state index in [1.54, 1.807) is 24.3 Å². The quantitative estimate of drug-likeness (QED) is 0.620. The van der Waals surface area contributed by atoms with E-state index < -0.39 is 30.4 Å². The van der Waals surface area contributed by atoms with Crippen molar-refractivity contribution in [2.75, 3.05) is 19.0 Å². The van der Waals surface area contributed by atoms with Crippen molar-refractivity contribution in [2.24, 2.45) is 0 Å². The van der Waals surface area contributed by atoms with Gasteiger partial charge in [0.15, 0.2) is 12.4 Å². The van der Waals surface area contributed by atoms with E-state index >= 15 is 0 Å². The largest absolute Gasteiger partial charge is 0.459 e. The third-order valence-corrected chi connectivity index (χ3v) is 3.43. The predicted octanol–water partition coefficient (Wildman–Crippen LogP) is 0.939. The van der Waals surface area contributed by atoms with E-state index in [2.05, 4.69) is 16.0 Å². The minimum atomic E-state index is -0.966. The highest BCUT2D eigenvalue weighted by atomic mass is 16.5. The van der Waals surface area contributed by atoms with Crippen molar-refractivity contribution in [3.05, 3.63) is 54.0 Å². The Hall–Kier alpha value is -3.62. The van der Waals surface area contributed by atoms with Crippen LogP contribution in [-0.2, 0) is 14.3 Å². The Morgan fingerprint density at radius 3 is 2.56 bits per heavy atom. The van der Waals surface area contributed by atoms with Gasteiger partial charge in [0.1, 0.15) is 6.04 Å². The molecule has 1 atom stereocenters. The van der Waals surface area contributed by atoms with Crippen molar-refractivity contribution >= 4 is 29.4 Å². The molecule has 3 amide bonds. The Bertz CT molecular complexity index is 831. The number of carbonyl (C=O) groups is 4. The molecule has 0 radical (unpaired) electrons. The number of esters is 1. The topological polar surface area (TPSA) is 127 Å². The standard InChI is InChI=1S/C18H19N3O6/c1-11(20-17(24)14-7-4-8-26-14)18(25)27-10-15(22)21-13-6-3-5-12(9-13)16(23)19-2/h3-9,11H,10H2,1-2H3,(H,19,23)(H,20,24)(H,21,22)/t11-/m0/s1. The highest BCUT2D eigenvalue weighted by Gasteiger charge is 2.20. The number of benzene rings is 1. The van der Waals surface area contributed by atoms with E-state index in [1.165, 1.54) is 32.4 Å². The first-order valence-corrected chi connectivity index (χ1v) is 8.03. The molecule has 1 aromatic carbocycles. The van der Waals surface area contributed by atoms with Crippen LogP contribution in [0.3, 0.4) is 0 Å². The van der Waals surface area contributed by atoms with Gasteiger partial charge in [0.2, 0.25) is 0 Å². The fraction of sp³-hybridized carbons (Fsp3) is 0.222. The molecule has 3 N–H and O–H groups in total. The van der Waals surface area contributed by atoms with Crippen LogP contribution in [-0.4, -0.2) is 43.4 Å². The van der Waals surface area contributed by atoms with E-state index in [0.29, 0.717) is 11.3 Å². The Morgan fingerprint density at radius 1 is 1.11 bits per heavy atom. The second kappa shape index (κ2) is 9.18. The number of ether oxygens (including phenoxy) is 1. The summed E-state index contributed by atoms with van der Waals surface area (Å²) in [6.07, 6.45) is 1.33. The number of amides is 3. The summed E-state index contributed by atoms with van der Waals surface area (Å²) >= 11 is 0. The highest BCUT2D eigenvalue weighted by Crippen LogP contribution is 2.10. The molecule has 0 aliphatic carbocycles. The average molecular weight is 373 g/mol. The predicted molar refractivity (Wildman–Crippen MR) is 95.1 cm³/mol. The number of furan rings is 1. The van der Waals surface area contributed by atoms with E-state index in [1.807, 2.05) is 0 Å². The summed E-state index contributed by atoms with van der Waals surface area (Å²) in [5.41, 5.74) is 0.762. The first-order valence-electron chi connectivity index (χ1n) is 8.03. The Morgan fingerprint density at radius 2 is 1.89 bits per heavy atom. The zero-order valence-corrected chi connectivity index (χ0v) is 14.8.